The molecule has 1 saturated heterocycles. The summed E-state index contributed by atoms with van der Waals surface area (Å²) in [6.45, 7) is 3.51. The number of aryl methyl sites for hydroxylation is 1. The van der Waals surface area contributed by atoms with Gasteiger partial charge in [0.1, 0.15) is 5.75 Å². The van der Waals surface area contributed by atoms with E-state index in [1.807, 2.05) is 6.07 Å². The third kappa shape index (κ3) is 2.14. The van der Waals surface area contributed by atoms with Crippen LogP contribution in [0.2, 0.25) is 0 Å². The van der Waals surface area contributed by atoms with E-state index in [2.05, 4.69) is 31.0 Å². The minimum atomic E-state index is 0.287. The molecule has 1 heterocycles. The second-order valence-electron chi connectivity index (χ2n) is 6.74. The van der Waals surface area contributed by atoms with Gasteiger partial charge < -0.3 is 10.0 Å². The number of nitrogens with zero attached hydrogens (tertiary/aromatic N) is 1. The molecular weight excluding hydrogens is 246 g/mol. The van der Waals surface area contributed by atoms with Crippen LogP contribution in [0.15, 0.2) is 18.2 Å². The Hall–Kier alpha value is -1.02. The van der Waals surface area contributed by atoms with Gasteiger partial charge in [-0.05, 0) is 69.0 Å². The van der Waals surface area contributed by atoms with E-state index < -0.39 is 0 Å². The predicted octanol–water partition coefficient (Wildman–Crippen LogP) is 3.86. The summed E-state index contributed by atoms with van der Waals surface area (Å²) in [4.78, 5) is 2.58. The fraction of sp³-hybridized carbons (Fsp3) is 0.667. The SMILES string of the molecule is CCCC[C@]12CCCN(C)[C@@H]1CCc1ccc(O)cc12. The van der Waals surface area contributed by atoms with Crippen LogP contribution < -0.4 is 0 Å². The van der Waals surface area contributed by atoms with Crippen molar-refractivity contribution >= 4 is 0 Å². The maximum atomic E-state index is 9.97. The zero-order valence-electron chi connectivity index (χ0n) is 12.9. The van der Waals surface area contributed by atoms with Crippen LogP contribution in [0.25, 0.3) is 0 Å². The Morgan fingerprint density at radius 3 is 3.05 bits per heavy atom. The lowest BCUT2D eigenvalue weighted by Gasteiger charge is -2.53. The first-order valence-corrected chi connectivity index (χ1v) is 8.20. The fourth-order valence-electron chi connectivity index (χ4n) is 4.66. The summed E-state index contributed by atoms with van der Waals surface area (Å²) in [7, 11) is 2.29. The van der Waals surface area contributed by atoms with Crippen LogP contribution in [-0.2, 0) is 11.8 Å². The zero-order chi connectivity index (χ0) is 14.2. The molecule has 2 nitrogen and oxygen atoms in total. The highest BCUT2D eigenvalue weighted by molar-refractivity contribution is 5.44. The molecule has 1 aliphatic heterocycles. The van der Waals surface area contributed by atoms with Crippen molar-refractivity contribution in [2.75, 3.05) is 13.6 Å². The van der Waals surface area contributed by atoms with E-state index in [-0.39, 0.29) is 5.41 Å². The van der Waals surface area contributed by atoms with Crippen molar-refractivity contribution in [3.05, 3.63) is 29.3 Å². The Morgan fingerprint density at radius 2 is 2.25 bits per heavy atom. The van der Waals surface area contributed by atoms with Crippen molar-refractivity contribution in [2.45, 2.75) is 63.3 Å². The summed E-state index contributed by atoms with van der Waals surface area (Å²) in [6.07, 6.45) is 8.83. The zero-order valence-corrected chi connectivity index (χ0v) is 12.9. The quantitative estimate of drug-likeness (QED) is 0.904. The highest BCUT2D eigenvalue weighted by Gasteiger charge is 2.47. The largest absolute Gasteiger partial charge is 0.508 e. The minimum absolute atomic E-state index is 0.287. The highest BCUT2D eigenvalue weighted by atomic mass is 16.3. The van der Waals surface area contributed by atoms with Gasteiger partial charge in [-0.2, -0.15) is 0 Å². The number of piperidine rings is 1. The van der Waals surface area contributed by atoms with Crippen molar-refractivity contribution in [1.29, 1.82) is 0 Å². The number of unbranched alkanes of at least 4 members (excludes halogenated alkanes) is 1. The summed E-state index contributed by atoms with van der Waals surface area (Å²) < 4.78 is 0. The van der Waals surface area contributed by atoms with Crippen molar-refractivity contribution in [1.82, 2.24) is 4.90 Å². The van der Waals surface area contributed by atoms with E-state index in [0.29, 0.717) is 11.8 Å². The maximum Gasteiger partial charge on any atom is 0.115 e. The van der Waals surface area contributed by atoms with Gasteiger partial charge in [-0.15, -0.1) is 0 Å². The summed E-state index contributed by atoms with van der Waals surface area (Å²) in [5.41, 5.74) is 3.22. The molecular formula is C18H27NO. The summed E-state index contributed by atoms with van der Waals surface area (Å²) in [5, 5.41) is 9.97. The van der Waals surface area contributed by atoms with Crippen molar-refractivity contribution in [2.24, 2.45) is 0 Å². The topological polar surface area (TPSA) is 23.5 Å². The first kappa shape index (κ1) is 13.9. The summed E-state index contributed by atoms with van der Waals surface area (Å²) in [5.74, 6) is 0.438. The van der Waals surface area contributed by atoms with E-state index in [9.17, 15) is 5.11 Å². The van der Waals surface area contributed by atoms with E-state index in [1.165, 1.54) is 62.6 Å². The number of aromatic hydroxyl groups is 1. The van der Waals surface area contributed by atoms with Crippen molar-refractivity contribution in [3.63, 3.8) is 0 Å². The van der Waals surface area contributed by atoms with Gasteiger partial charge in [0.15, 0.2) is 0 Å². The standard InChI is InChI=1S/C18H27NO/c1-3-4-10-18-11-5-12-19(2)17(18)9-7-14-6-8-15(20)13-16(14)18/h6,8,13,17,20H,3-5,7,9-12H2,1-2H3/t17-,18-/m1/s1. The maximum absolute atomic E-state index is 9.97. The number of phenolic OH excluding ortho intramolecular Hbond substituents is 1. The van der Waals surface area contributed by atoms with Gasteiger partial charge in [0.2, 0.25) is 0 Å². The van der Waals surface area contributed by atoms with Gasteiger partial charge in [-0.3, -0.25) is 0 Å². The van der Waals surface area contributed by atoms with E-state index >= 15 is 0 Å². The van der Waals surface area contributed by atoms with Gasteiger partial charge in [0.25, 0.3) is 0 Å². The van der Waals surface area contributed by atoms with Crippen molar-refractivity contribution < 1.29 is 5.11 Å². The monoisotopic (exact) mass is 273 g/mol. The molecule has 0 unspecified atom stereocenters. The molecule has 1 aromatic rings. The van der Waals surface area contributed by atoms with E-state index in [0.717, 1.165) is 0 Å². The average Bonchev–Trinajstić information content (AvgIpc) is 2.45. The molecule has 0 radical (unpaired) electrons. The predicted molar refractivity (Wildman–Crippen MR) is 83.3 cm³/mol. The van der Waals surface area contributed by atoms with Gasteiger partial charge in [-0.1, -0.05) is 25.8 Å². The fourth-order valence-corrected chi connectivity index (χ4v) is 4.66. The molecule has 1 fully saturated rings. The molecule has 2 aliphatic rings. The summed E-state index contributed by atoms with van der Waals surface area (Å²) >= 11 is 0. The number of fused-ring (bicyclic) bond motifs is 3. The summed E-state index contributed by atoms with van der Waals surface area (Å²) in [6, 6.07) is 6.75. The Balaban J connectivity index is 2.07. The van der Waals surface area contributed by atoms with Crippen LogP contribution in [0.1, 0.15) is 56.6 Å². The molecule has 0 aromatic heterocycles. The molecule has 1 N–H and O–H groups in total. The Bertz CT molecular complexity index is 484. The second kappa shape index (κ2) is 5.40. The lowest BCUT2D eigenvalue weighted by molar-refractivity contribution is 0.0658. The molecule has 20 heavy (non-hydrogen) atoms. The molecule has 1 aromatic carbocycles. The molecule has 0 amide bonds. The molecule has 1 aliphatic carbocycles. The average molecular weight is 273 g/mol. The number of rotatable bonds is 3. The molecule has 3 rings (SSSR count). The Labute approximate surface area is 122 Å². The van der Waals surface area contributed by atoms with Crippen LogP contribution in [0.4, 0.5) is 0 Å². The number of likely N-dealkylation sites (tertiary alicyclic amines) is 1. The minimum Gasteiger partial charge on any atom is -0.508 e. The number of hydrogen-bond acceptors (Lipinski definition) is 2. The molecule has 0 bridgehead atoms. The van der Waals surface area contributed by atoms with E-state index in [4.69, 9.17) is 0 Å². The molecule has 0 spiro atoms. The lowest BCUT2D eigenvalue weighted by atomic mass is 9.60. The normalized spacial score (nSPS) is 29.8. The molecule has 110 valence electrons. The number of hydrogen-bond donors (Lipinski definition) is 1. The highest BCUT2D eigenvalue weighted by Crippen LogP contribution is 2.49. The first-order chi connectivity index (χ1) is 9.67. The van der Waals surface area contributed by atoms with Crippen LogP contribution in [0.3, 0.4) is 0 Å². The Morgan fingerprint density at radius 1 is 1.40 bits per heavy atom. The van der Waals surface area contributed by atoms with Crippen molar-refractivity contribution in [3.8, 4) is 5.75 Å². The van der Waals surface area contributed by atoms with Crippen LogP contribution in [0.5, 0.6) is 5.75 Å². The van der Waals surface area contributed by atoms with Crippen LogP contribution >= 0.6 is 0 Å². The van der Waals surface area contributed by atoms with Gasteiger partial charge in [0.05, 0.1) is 0 Å². The van der Waals surface area contributed by atoms with Gasteiger partial charge in [0, 0.05) is 11.5 Å². The lowest BCUT2D eigenvalue weighted by Crippen LogP contribution is -2.55. The smallest absolute Gasteiger partial charge is 0.115 e. The van der Waals surface area contributed by atoms with Gasteiger partial charge in [-0.25, -0.2) is 0 Å². The molecule has 2 heteroatoms. The van der Waals surface area contributed by atoms with Gasteiger partial charge >= 0.3 is 0 Å². The Kier molecular flexibility index (Phi) is 3.76. The van der Waals surface area contributed by atoms with E-state index in [1.54, 1.807) is 0 Å². The molecule has 2 atom stereocenters. The van der Waals surface area contributed by atoms with Crippen LogP contribution in [0, 0.1) is 0 Å². The number of likely N-dealkylation sites (N-methyl/N-ethyl adjacent to an activating group) is 1. The third-order valence-corrected chi connectivity index (χ3v) is 5.60. The second-order valence-corrected chi connectivity index (χ2v) is 6.74. The first-order valence-electron chi connectivity index (χ1n) is 8.20. The number of phenols is 1. The number of benzene rings is 1. The van der Waals surface area contributed by atoms with Crippen LogP contribution in [-0.4, -0.2) is 29.6 Å². The third-order valence-electron chi connectivity index (χ3n) is 5.60. The molecule has 0 saturated carbocycles.